The Labute approximate surface area is 373 Å². The van der Waals surface area contributed by atoms with Gasteiger partial charge in [-0.1, -0.05) is 20.8 Å². The Balaban J connectivity index is 0.888. The molecule has 8 rings (SSSR count). The van der Waals surface area contributed by atoms with Crippen LogP contribution in [0.5, 0.6) is 0 Å². The van der Waals surface area contributed by atoms with Gasteiger partial charge in [0.15, 0.2) is 18.9 Å². The molecule has 0 bridgehead atoms. The Morgan fingerprint density at radius 1 is 0.656 bits per heavy atom. The van der Waals surface area contributed by atoms with Crippen LogP contribution in [0, 0.1) is 46.3 Å². The van der Waals surface area contributed by atoms with E-state index in [4.69, 9.17) is 33.2 Å². The summed E-state index contributed by atoms with van der Waals surface area (Å²) in [6.45, 7) is 7.16. The fourth-order valence-corrected chi connectivity index (χ4v) is 13.6. The zero-order valence-electron chi connectivity index (χ0n) is 37.3. The fraction of sp³-hybridized carbons (Fsp3) is 0.956. The van der Waals surface area contributed by atoms with Crippen molar-refractivity contribution < 1.29 is 94.4 Å². The van der Waals surface area contributed by atoms with Crippen molar-refractivity contribution in [2.45, 2.75) is 196 Å². The zero-order chi connectivity index (χ0) is 46.2. The molecule has 4 aliphatic carbocycles. The highest BCUT2D eigenvalue weighted by molar-refractivity contribution is 5.28. The summed E-state index contributed by atoms with van der Waals surface area (Å²) in [5.41, 5.74) is 0.741. The SMILES string of the molecule is CC1=C(CC[C@@H](C)CO[C@@H]2O[C@H](CO)[C@@H](O)[C@H](O)[C@H]2O)O[C@H]2C[C@H]3[C@@H]4CC[C@@H]5C[C@@H](O[C@@H]6O[C@H](CO)[C@H](O)[C@H](O)[C@H]6O[C@@H]6O[C@H](CO)[C@@H](O)[C@H](O)[C@H]6O)CC[C@]5(C)[C@H]4C[C@H](O)[C@]3(C)[C@@H]12. The van der Waals surface area contributed by atoms with Crippen molar-refractivity contribution in [2.24, 2.45) is 46.3 Å². The average Bonchev–Trinajstić information content (AvgIpc) is 3.77. The van der Waals surface area contributed by atoms with E-state index in [2.05, 4.69) is 20.8 Å². The predicted molar refractivity (Wildman–Crippen MR) is 219 cm³/mol. The maximum absolute atomic E-state index is 12.3. The van der Waals surface area contributed by atoms with Crippen molar-refractivity contribution in [2.75, 3.05) is 26.4 Å². The molecular formula is C45H74O19. The fourth-order valence-electron chi connectivity index (χ4n) is 13.6. The van der Waals surface area contributed by atoms with E-state index >= 15 is 0 Å². The highest BCUT2D eigenvalue weighted by Gasteiger charge is 2.68. The van der Waals surface area contributed by atoms with Crippen LogP contribution in [0.25, 0.3) is 0 Å². The molecule has 64 heavy (non-hydrogen) atoms. The zero-order valence-corrected chi connectivity index (χ0v) is 37.3. The van der Waals surface area contributed by atoms with Crippen molar-refractivity contribution in [3.05, 3.63) is 11.3 Å². The largest absolute Gasteiger partial charge is 0.494 e. The van der Waals surface area contributed by atoms with E-state index < -0.39 is 118 Å². The van der Waals surface area contributed by atoms with Gasteiger partial charge >= 0.3 is 0 Å². The first-order valence-corrected chi connectivity index (χ1v) is 23.6. The summed E-state index contributed by atoms with van der Waals surface area (Å²) in [5.74, 6) is 2.27. The second kappa shape index (κ2) is 19.3. The van der Waals surface area contributed by atoms with Crippen LogP contribution in [0.2, 0.25) is 0 Å². The van der Waals surface area contributed by atoms with Crippen LogP contribution in [0.3, 0.4) is 0 Å². The van der Waals surface area contributed by atoms with Crippen LogP contribution in [0.15, 0.2) is 11.3 Å². The molecule has 8 aliphatic rings. The highest BCUT2D eigenvalue weighted by atomic mass is 16.8. The first-order valence-electron chi connectivity index (χ1n) is 23.6. The van der Waals surface area contributed by atoms with Gasteiger partial charge in [0.05, 0.1) is 44.4 Å². The summed E-state index contributed by atoms with van der Waals surface area (Å²) in [5, 5.41) is 125. The van der Waals surface area contributed by atoms with E-state index in [0.717, 1.165) is 37.9 Å². The second-order valence-corrected chi connectivity index (χ2v) is 21.0. The minimum absolute atomic E-state index is 0.0287. The summed E-state index contributed by atoms with van der Waals surface area (Å²) in [7, 11) is 0. The number of hydrogen-bond acceptors (Lipinski definition) is 19. The molecule has 0 aromatic rings. The van der Waals surface area contributed by atoms with Gasteiger partial charge in [-0.2, -0.15) is 0 Å². The first kappa shape index (κ1) is 49.2. The van der Waals surface area contributed by atoms with Crippen molar-refractivity contribution in [3.8, 4) is 0 Å². The standard InChI is InChI=1S/C45H74O19/c1-18(17-58-41-38(56)35(53)32(50)27(14-46)61-41)5-8-25-19(2)31-26(60-25)12-24-22-7-6-20-11-21(9-10-44(20,3)23(22)13-30(49)45(24,31)4)59-43-40(37(55)34(52)29(16-48)63-43)64-42-39(57)36(54)33(51)28(15-47)62-42/h18,20-24,26-43,46-57H,5-17H2,1-4H3/t18-,20-,21+,22-,23+,24+,26+,27-,28-,29-,30+,31+,32-,33-,34+,35+,36+,37+,38-,39-,40-,41-,42+,43-,44+,45-/m1/s1. The summed E-state index contributed by atoms with van der Waals surface area (Å²) >= 11 is 0. The van der Waals surface area contributed by atoms with Crippen molar-refractivity contribution >= 4 is 0 Å². The topological polar surface area (TPSA) is 307 Å². The Bertz CT molecular complexity index is 1620. The minimum atomic E-state index is -1.76. The Hall–Kier alpha value is -1.18. The Morgan fingerprint density at radius 2 is 1.25 bits per heavy atom. The summed E-state index contributed by atoms with van der Waals surface area (Å²) in [4.78, 5) is 0. The van der Waals surface area contributed by atoms with Gasteiger partial charge in [0, 0.05) is 17.8 Å². The lowest BCUT2D eigenvalue weighted by Gasteiger charge is -2.62. The number of allylic oxidation sites excluding steroid dienone is 1. The molecule has 0 unspecified atom stereocenters. The van der Waals surface area contributed by atoms with Gasteiger partial charge in [-0.15, -0.1) is 0 Å². The van der Waals surface area contributed by atoms with Gasteiger partial charge < -0.3 is 94.4 Å². The van der Waals surface area contributed by atoms with Gasteiger partial charge in [-0.05, 0) is 98.9 Å². The molecule has 4 aliphatic heterocycles. The molecule has 0 amide bonds. The molecule has 19 heteroatoms. The molecule has 7 fully saturated rings. The van der Waals surface area contributed by atoms with Gasteiger partial charge in [0.25, 0.3) is 0 Å². The number of aliphatic hydroxyl groups excluding tert-OH is 12. The maximum atomic E-state index is 12.3. The Morgan fingerprint density at radius 3 is 1.89 bits per heavy atom. The minimum Gasteiger partial charge on any atom is -0.494 e. The molecule has 0 radical (unpaired) electrons. The number of fused-ring (bicyclic) bond motifs is 7. The lowest BCUT2D eigenvalue weighted by atomic mass is 9.44. The highest BCUT2D eigenvalue weighted by Crippen LogP contribution is 2.70. The molecule has 368 valence electrons. The van der Waals surface area contributed by atoms with Crippen LogP contribution in [-0.4, -0.2) is 198 Å². The van der Waals surface area contributed by atoms with E-state index in [0.29, 0.717) is 31.6 Å². The van der Waals surface area contributed by atoms with Crippen molar-refractivity contribution in [1.29, 1.82) is 0 Å². The number of hydrogen-bond donors (Lipinski definition) is 12. The van der Waals surface area contributed by atoms with Crippen molar-refractivity contribution in [3.63, 3.8) is 0 Å². The molecule has 4 saturated carbocycles. The van der Waals surface area contributed by atoms with Crippen LogP contribution in [0.1, 0.15) is 85.5 Å². The van der Waals surface area contributed by atoms with Crippen LogP contribution < -0.4 is 0 Å². The maximum Gasteiger partial charge on any atom is 0.187 e. The Kier molecular flexibility index (Phi) is 14.9. The third-order valence-electron chi connectivity index (χ3n) is 17.5. The molecule has 4 heterocycles. The van der Waals surface area contributed by atoms with Crippen LogP contribution in [-0.2, 0) is 33.2 Å². The molecule has 0 aromatic carbocycles. The molecule has 3 saturated heterocycles. The van der Waals surface area contributed by atoms with E-state index in [1.54, 1.807) is 0 Å². The molecular weight excluding hydrogens is 844 g/mol. The summed E-state index contributed by atoms with van der Waals surface area (Å²) in [6.07, 6.45) is -15.7. The van der Waals surface area contributed by atoms with E-state index in [9.17, 15) is 61.3 Å². The lowest BCUT2D eigenvalue weighted by molar-refractivity contribution is -0.373. The monoisotopic (exact) mass is 918 g/mol. The second-order valence-electron chi connectivity index (χ2n) is 21.0. The van der Waals surface area contributed by atoms with Crippen LogP contribution >= 0.6 is 0 Å². The molecule has 0 aromatic heterocycles. The normalized spacial score (nSPS) is 53.2. The predicted octanol–water partition coefficient (Wildman–Crippen LogP) is -1.86. The third kappa shape index (κ3) is 8.52. The van der Waals surface area contributed by atoms with Crippen LogP contribution in [0.4, 0.5) is 0 Å². The average molecular weight is 919 g/mol. The summed E-state index contributed by atoms with van der Waals surface area (Å²) in [6, 6.07) is 0. The molecule has 26 atom stereocenters. The first-order chi connectivity index (χ1) is 30.4. The number of ether oxygens (including phenoxy) is 7. The number of rotatable bonds is 13. The van der Waals surface area contributed by atoms with E-state index in [1.165, 1.54) is 5.57 Å². The molecule has 0 spiro atoms. The van der Waals surface area contributed by atoms with Crippen molar-refractivity contribution in [1.82, 2.24) is 0 Å². The molecule has 12 N–H and O–H groups in total. The molecule has 19 nitrogen and oxygen atoms in total. The van der Waals surface area contributed by atoms with E-state index in [-0.39, 0.29) is 59.2 Å². The third-order valence-corrected chi connectivity index (χ3v) is 17.5. The lowest BCUT2D eigenvalue weighted by Crippen LogP contribution is -2.65. The van der Waals surface area contributed by atoms with Gasteiger partial charge in [-0.3, -0.25) is 0 Å². The van der Waals surface area contributed by atoms with E-state index in [1.807, 2.05) is 6.92 Å². The number of aliphatic hydroxyl groups is 12. The van der Waals surface area contributed by atoms with Gasteiger partial charge in [0.1, 0.15) is 79.4 Å². The van der Waals surface area contributed by atoms with Gasteiger partial charge in [0.2, 0.25) is 0 Å². The smallest absolute Gasteiger partial charge is 0.187 e. The van der Waals surface area contributed by atoms with Gasteiger partial charge in [-0.25, -0.2) is 0 Å². The quantitative estimate of drug-likeness (QED) is 0.0902. The summed E-state index contributed by atoms with van der Waals surface area (Å²) < 4.78 is 42.0.